The summed E-state index contributed by atoms with van der Waals surface area (Å²) in [6.07, 6.45) is -0.198. The molecule has 0 spiro atoms. The van der Waals surface area contributed by atoms with E-state index in [-0.39, 0.29) is 12.5 Å². The van der Waals surface area contributed by atoms with Crippen LogP contribution in [0.2, 0.25) is 0 Å². The zero-order chi connectivity index (χ0) is 8.39. The van der Waals surface area contributed by atoms with E-state index in [1.54, 1.807) is 0 Å². The van der Waals surface area contributed by atoms with E-state index in [0.717, 1.165) is 6.54 Å². The molecule has 1 aromatic rings. The van der Waals surface area contributed by atoms with Gasteiger partial charge in [-0.15, -0.1) is 0 Å². The molecule has 0 bridgehead atoms. The lowest BCUT2D eigenvalue weighted by molar-refractivity contribution is 0.0455. The van der Waals surface area contributed by atoms with Crippen molar-refractivity contribution in [1.29, 1.82) is 0 Å². The molecule has 0 amide bonds. The molecule has 3 heteroatoms. The van der Waals surface area contributed by atoms with Crippen molar-refractivity contribution in [3.05, 3.63) is 35.9 Å². The van der Waals surface area contributed by atoms with Gasteiger partial charge in [0.1, 0.15) is 0 Å². The van der Waals surface area contributed by atoms with Crippen LogP contribution >= 0.6 is 0 Å². The van der Waals surface area contributed by atoms with Crippen molar-refractivity contribution in [2.45, 2.75) is 12.5 Å². The Balaban J connectivity index is 2.11. The smallest absolute Gasteiger partial charge is 0.161 e. The lowest BCUT2D eigenvalue weighted by Crippen LogP contribution is -2.31. The van der Waals surface area contributed by atoms with Crippen LogP contribution in [0.1, 0.15) is 11.7 Å². The van der Waals surface area contributed by atoms with Gasteiger partial charge in [-0.1, -0.05) is 30.3 Å². The Hall–Kier alpha value is -0.900. The fraction of sp³-hybridized carbons (Fsp3) is 0.333. The molecule has 1 aromatic carbocycles. The maximum absolute atomic E-state index is 5.53. The van der Waals surface area contributed by atoms with Gasteiger partial charge in [0, 0.05) is 6.54 Å². The predicted molar refractivity (Wildman–Crippen MR) is 46.2 cm³/mol. The van der Waals surface area contributed by atoms with Gasteiger partial charge in [-0.2, -0.15) is 0 Å². The van der Waals surface area contributed by atoms with Gasteiger partial charge in [-0.3, -0.25) is 11.1 Å². The van der Waals surface area contributed by atoms with E-state index in [9.17, 15) is 0 Å². The molecule has 1 aliphatic rings. The molecule has 2 rings (SSSR count). The SMILES string of the molecule is NC1NCC(c2ccccc2)O1. The summed E-state index contributed by atoms with van der Waals surface area (Å²) >= 11 is 0. The van der Waals surface area contributed by atoms with E-state index in [0.29, 0.717) is 0 Å². The third kappa shape index (κ3) is 1.48. The van der Waals surface area contributed by atoms with Crippen molar-refractivity contribution in [2.24, 2.45) is 5.73 Å². The first-order chi connectivity index (χ1) is 5.86. The van der Waals surface area contributed by atoms with Gasteiger partial charge in [0.2, 0.25) is 0 Å². The lowest BCUT2D eigenvalue weighted by atomic mass is 10.1. The summed E-state index contributed by atoms with van der Waals surface area (Å²) in [6.45, 7) is 0.797. The van der Waals surface area contributed by atoms with E-state index < -0.39 is 0 Å². The van der Waals surface area contributed by atoms with E-state index in [4.69, 9.17) is 10.5 Å². The van der Waals surface area contributed by atoms with E-state index in [2.05, 4.69) is 5.32 Å². The Morgan fingerprint density at radius 1 is 1.33 bits per heavy atom. The first-order valence-electron chi connectivity index (χ1n) is 4.05. The fourth-order valence-electron chi connectivity index (χ4n) is 1.36. The molecule has 64 valence electrons. The van der Waals surface area contributed by atoms with Crippen LogP contribution in [0.25, 0.3) is 0 Å². The second-order valence-electron chi connectivity index (χ2n) is 2.86. The molecule has 1 heterocycles. The van der Waals surface area contributed by atoms with Gasteiger partial charge < -0.3 is 4.74 Å². The van der Waals surface area contributed by atoms with Crippen LogP contribution in [-0.4, -0.2) is 12.9 Å². The van der Waals surface area contributed by atoms with Crippen LogP contribution in [0, 0.1) is 0 Å². The highest BCUT2D eigenvalue weighted by Crippen LogP contribution is 2.20. The van der Waals surface area contributed by atoms with Gasteiger partial charge in [-0.05, 0) is 5.56 Å². The van der Waals surface area contributed by atoms with Gasteiger partial charge in [0.15, 0.2) is 6.35 Å². The van der Waals surface area contributed by atoms with E-state index >= 15 is 0 Å². The molecule has 0 saturated carbocycles. The molecule has 2 unspecified atom stereocenters. The van der Waals surface area contributed by atoms with Crippen LogP contribution in [0.15, 0.2) is 30.3 Å². The van der Waals surface area contributed by atoms with Crippen molar-refractivity contribution >= 4 is 0 Å². The minimum absolute atomic E-state index is 0.112. The molecule has 1 saturated heterocycles. The molecule has 0 aromatic heterocycles. The van der Waals surface area contributed by atoms with Crippen molar-refractivity contribution in [3.8, 4) is 0 Å². The average molecular weight is 164 g/mol. The number of ether oxygens (including phenoxy) is 1. The molecule has 1 fully saturated rings. The summed E-state index contributed by atoms with van der Waals surface area (Å²) in [6, 6.07) is 10.1. The first-order valence-corrected chi connectivity index (χ1v) is 4.05. The Kier molecular flexibility index (Phi) is 2.08. The highest BCUT2D eigenvalue weighted by molar-refractivity contribution is 5.18. The zero-order valence-corrected chi connectivity index (χ0v) is 6.73. The lowest BCUT2D eigenvalue weighted by Gasteiger charge is -2.08. The first kappa shape index (κ1) is 7.73. The molecule has 1 aliphatic heterocycles. The topological polar surface area (TPSA) is 47.3 Å². The number of nitrogens with two attached hydrogens (primary N) is 1. The Labute approximate surface area is 71.5 Å². The molecule has 0 radical (unpaired) electrons. The molecule has 3 N–H and O–H groups in total. The number of nitrogens with one attached hydrogen (secondary N) is 1. The summed E-state index contributed by atoms with van der Waals surface area (Å²) in [5.41, 5.74) is 6.71. The van der Waals surface area contributed by atoms with Gasteiger partial charge in [0.25, 0.3) is 0 Å². The highest BCUT2D eigenvalue weighted by atomic mass is 16.5. The van der Waals surface area contributed by atoms with Crippen LogP contribution < -0.4 is 11.1 Å². The van der Waals surface area contributed by atoms with Crippen molar-refractivity contribution in [1.82, 2.24) is 5.32 Å². The minimum atomic E-state index is -0.310. The van der Waals surface area contributed by atoms with E-state index in [1.807, 2.05) is 30.3 Å². The Bertz CT molecular complexity index is 250. The number of hydrogen-bond donors (Lipinski definition) is 2. The second-order valence-corrected chi connectivity index (χ2v) is 2.86. The summed E-state index contributed by atoms with van der Waals surface area (Å²) < 4.78 is 5.41. The summed E-state index contributed by atoms with van der Waals surface area (Å²) in [5.74, 6) is 0. The van der Waals surface area contributed by atoms with Crippen LogP contribution in [0.3, 0.4) is 0 Å². The van der Waals surface area contributed by atoms with Crippen molar-refractivity contribution in [2.75, 3.05) is 6.54 Å². The normalized spacial score (nSPS) is 29.1. The predicted octanol–water partition coefficient (Wildman–Crippen LogP) is 0.590. The van der Waals surface area contributed by atoms with Gasteiger partial charge in [0.05, 0.1) is 6.10 Å². The second kappa shape index (κ2) is 3.23. The van der Waals surface area contributed by atoms with Crippen molar-refractivity contribution in [3.63, 3.8) is 0 Å². The van der Waals surface area contributed by atoms with Gasteiger partial charge >= 0.3 is 0 Å². The number of benzene rings is 1. The Morgan fingerprint density at radius 2 is 2.08 bits per heavy atom. The molecule has 2 atom stereocenters. The third-order valence-corrected chi connectivity index (χ3v) is 1.99. The van der Waals surface area contributed by atoms with Crippen LogP contribution in [0.4, 0.5) is 0 Å². The zero-order valence-electron chi connectivity index (χ0n) is 6.73. The highest BCUT2D eigenvalue weighted by Gasteiger charge is 2.22. The van der Waals surface area contributed by atoms with E-state index in [1.165, 1.54) is 5.56 Å². The molecular weight excluding hydrogens is 152 g/mol. The molecule has 3 nitrogen and oxygen atoms in total. The standard InChI is InChI=1S/C9H12N2O/c10-9-11-6-8(12-9)7-4-2-1-3-5-7/h1-5,8-9,11H,6,10H2. The summed E-state index contributed by atoms with van der Waals surface area (Å²) in [7, 11) is 0. The Morgan fingerprint density at radius 3 is 2.67 bits per heavy atom. The number of hydrogen-bond acceptors (Lipinski definition) is 3. The largest absolute Gasteiger partial charge is 0.341 e. The van der Waals surface area contributed by atoms with Gasteiger partial charge in [-0.25, -0.2) is 0 Å². The van der Waals surface area contributed by atoms with Crippen molar-refractivity contribution < 1.29 is 4.74 Å². The maximum Gasteiger partial charge on any atom is 0.161 e. The molecule has 0 aliphatic carbocycles. The number of rotatable bonds is 1. The summed E-state index contributed by atoms with van der Waals surface area (Å²) in [5, 5.41) is 3.02. The maximum atomic E-state index is 5.53. The molecular formula is C9H12N2O. The monoisotopic (exact) mass is 164 g/mol. The fourth-order valence-corrected chi connectivity index (χ4v) is 1.36. The quantitative estimate of drug-likeness (QED) is 0.638. The molecule has 12 heavy (non-hydrogen) atoms. The third-order valence-electron chi connectivity index (χ3n) is 1.99. The minimum Gasteiger partial charge on any atom is -0.341 e. The average Bonchev–Trinajstić information content (AvgIpc) is 2.54. The summed E-state index contributed by atoms with van der Waals surface area (Å²) in [4.78, 5) is 0. The van der Waals surface area contributed by atoms with Crippen LogP contribution in [-0.2, 0) is 4.74 Å². The van der Waals surface area contributed by atoms with Crippen LogP contribution in [0.5, 0.6) is 0 Å².